The van der Waals surface area contributed by atoms with Crippen LogP contribution in [-0.2, 0) is 16.0 Å². The topological polar surface area (TPSA) is 86.0 Å². The first-order chi connectivity index (χ1) is 16.2. The van der Waals surface area contributed by atoms with Crippen molar-refractivity contribution < 1.29 is 14.3 Å². The molecule has 1 heterocycles. The van der Waals surface area contributed by atoms with Crippen LogP contribution in [0.5, 0.6) is 5.75 Å². The van der Waals surface area contributed by atoms with Gasteiger partial charge in [-0.25, -0.2) is 9.78 Å². The molecule has 0 N–H and O–H groups in total. The van der Waals surface area contributed by atoms with Crippen LogP contribution in [0.2, 0.25) is 0 Å². The molecule has 0 aliphatic carbocycles. The van der Waals surface area contributed by atoms with Crippen LogP contribution in [0, 0.1) is 0 Å². The zero-order chi connectivity index (χ0) is 24.8. The Bertz CT molecular complexity index is 1270. The number of nitrogens with zero attached hydrogens (tertiary/aromatic N) is 4. The summed E-state index contributed by atoms with van der Waals surface area (Å²) in [6.45, 7) is 3.70. The van der Waals surface area contributed by atoms with E-state index < -0.39 is 12.1 Å². The number of unbranched alkanes of at least 4 members (excludes halogenated alkanes) is 1. The van der Waals surface area contributed by atoms with Gasteiger partial charge < -0.3 is 14.4 Å². The zero-order valence-electron chi connectivity index (χ0n) is 20.0. The lowest BCUT2D eigenvalue weighted by molar-refractivity contribution is -0.147. The molecule has 2 aromatic carbocycles. The number of anilines is 1. The number of esters is 1. The quantitative estimate of drug-likeness (QED) is 0.302. The number of aromatic nitrogens is 2. The van der Waals surface area contributed by atoms with E-state index in [0.717, 1.165) is 23.0 Å². The zero-order valence-corrected chi connectivity index (χ0v) is 21.6. The molecular formula is C25H29BrN4O4. The number of carbonyl (C=O) groups excluding carboxylic acids is 1. The maximum absolute atomic E-state index is 13.3. The van der Waals surface area contributed by atoms with E-state index in [1.807, 2.05) is 49.3 Å². The summed E-state index contributed by atoms with van der Waals surface area (Å²) in [5.41, 5.74) is 1.90. The van der Waals surface area contributed by atoms with Crippen molar-refractivity contribution in [2.24, 2.45) is 5.10 Å². The second-order valence-electron chi connectivity index (χ2n) is 8.05. The highest BCUT2D eigenvalue weighted by atomic mass is 79.9. The highest BCUT2D eigenvalue weighted by Gasteiger charge is 2.17. The smallest absolute Gasteiger partial charge is 0.346 e. The summed E-state index contributed by atoms with van der Waals surface area (Å²) in [6.07, 6.45) is 3.22. The molecule has 0 spiro atoms. The predicted octanol–water partition coefficient (Wildman–Crippen LogP) is 4.39. The average molecular weight is 529 g/mol. The Labute approximate surface area is 207 Å². The van der Waals surface area contributed by atoms with Gasteiger partial charge in [-0.1, -0.05) is 29.3 Å². The summed E-state index contributed by atoms with van der Waals surface area (Å²) in [7, 11) is 5.14. The van der Waals surface area contributed by atoms with Gasteiger partial charge in [0, 0.05) is 42.3 Å². The molecule has 0 bridgehead atoms. The molecule has 0 aliphatic heterocycles. The van der Waals surface area contributed by atoms with Gasteiger partial charge >= 0.3 is 5.97 Å². The number of halogens is 1. The minimum atomic E-state index is -0.808. The van der Waals surface area contributed by atoms with Gasteiger partial charge in [-0.3, -0.25) is 4.79 Å². The lowest BCUT2D eigenvalue weighted by Gasteiger charge is -2.18. The summed E-state index contributed by atoms with van der Waals surface area (Å²) in [5.74, 6) is 0.557. The van der Waals surface area contributed by atoms with E-state index in [2.05, 4.69) is 28.0 Å². The molecule has 0 aliphatic rings. The number of methoxy groups -OCH3 is 1. The maximum Gasteiger partial charge on any atom is 0.346 e. The van der Waals surface area contributed by atoms with Crippen molar-refractivity contribution in [3.63, 3.8) is 0 Å². The Balaban J connectivity index is 2.10. The van der Waals surface area contributed by atoms with Gasteiger partial charge in [0.25, 0.3) is 5.56 Å². The Kier molecular flexibility index (Phi) is 8.44. The van der Waals surface area contributed by atoms with E-state index in [9.17, 15) is 9.59 Å². The van der Waals surface area contributed by atoms with E-state index in [1.54, 1.807) is 19.2 Å². The van der Waals surface area contributed by atoms with E-state index in [4.69, 9.17) is 14.5 Å². The van der Waals surface area contributed by atoms with E-state index in [1.165, 1.54) is 11.8 Å². The molecule has 3 aromatic rings. The molecule has 1 aromatic heterocycles. The molecule has 0 fully saturated rings. The monoisotopic (exact) mass is 528 g/mol. The fraction of sp³-hybridized carbons (Fsp3) is 0.360. The van der Waals surface area contributed by atoms with Crippen LogP contribution in [0.25, 0.3) is 10.9 Å². The number of carbonyl (C=O) groups is 1. The standard InChI is InChI=1S/C25H29BrN4O4/c1-6-7-8-23-28-21-12-10-18(26)13-20(21)24(31)30(23)27-15-17-9-11-19(29(3)4)14-22(17)34-16(2)25(32)33-5/h9-16H,6-8H2,1-5H3/t16-/m0/s1. The number of hydrogen-bond acceptors (Lipinski definition) is 7. The Morgan fingerprint density at radius 3 is 2.71 bits per heavy atom. The minimum absolute atomic E-state index is 0.246. The van der Waals surface area contributed by atoms with Gasteiger partial charge in [0.1, 0.15) is 11.6 Å². The van der Waals surface area contributed by atoms with E-state index in [-0.39, 0.29) is 5.56 Å². The molecule has 180 valence electrons. The maximum atomic E-state index is 13.3. The molecule has 0 radical (unpaired) electrons. The SMILES string of the molecule is CCCCc1nc2ccc(Br)cc2c(=O)n1N=Cc1ccc(N(C)C)cc1O[C@@H](C)C(=O)OC. The van der Waals surface area contributed by atoms with E-state index in [0.29, 0.717) is 34.5 Å². The third-order valence-electron chi connectivity index (χ3n) is 5.29. The molecule has 0 saturated heterocycles. The fourth-order valence-corrected chi connectivity index (χ4v) is 3.71. The van der Waals surface area contributed by atoms with Crippen molar-refractivity contribution in [3.8, 4) is 5.75 Å². The van der Waals surface area contributed by atoms with Gasteiger partial charge in [-0.15, -0.1) is 0 Å². The van der Waals surface area contributed by atoms with Crippen molar-refractivity contribution >= 4 is 44.7 Å². The first kappa shape index (κ1) is 25.4. The van der Waals surface area contributed by atoms with Crippen LogP contribution < -0.4 is 15.2 Å². The lowest BCUT2D eigenvalue weighted by atomic mass is 10.2. The Hall–Kier alpha value is -3.20. The molecule has 1 atom stereocenters. The fourth-order valence-electron chi connectivity index (χ4n) is 3.34. The molecule has 0 amide bonds. The largest absolute Gasteiger partial charge is 0.478 e. The summed E-state index contributed by atoms with van der Waals surface area (Å²) < 4.78 is 12.8. The highest BCUT2D eigenvalue weighted by molar-refractivity contribution is 9.10. The summed E-state index contributed by atoms with van der Waals surface area (Å²) in [6, 6.07) is 11.0. The molecular weight excluding hydrogens is 500 g/mol. The van der Waals surface area contributed by atoms with Crippen molar-refractivity contribution in [3.05, 3.63) is 62.6 Å². The molecule has 34 heavy (non-hydrogen) atoms. The van der Waals surface area contributed by atoms with Crippen LogP contribution >= 0.6 is 15.9 Å². The number of benzene rings is 2. The van der Waals surface area contributed by atoms with Crippen molar-refractivity contribution in [1.82, 2.24) is 9.66 Å². The number of hydrogen-bond donors (Lipinski definition) is 0. The van der Waals surface area contributed by atoms with E-state index >= 15 is 0 Å². The lowest BCUT2D eigenvalue weighted by Crippen LogP contribution is -2.25. The van der Waals surface area contributed by atoms with Crippen LogP contribution in [0.1, 0.15) is 38.1 Å². The molecule has 0 saturated carbocycles. The predicted molar refractivity (Wildman–Crippen MR) is 138 cm³/mol. The minimum Gasteiger partial charge on any atom is -0.478 e. The van der Waals surface area contributed by atoms with Gasteiger partial charge in [-0.2, -0.15) is 9.78 Å². The van der Waals surface area contributed by atoms with Crippen LogP contribution in [0.4, 0.5) is 5.69 Å². The van der Waals surface area contributed by atoms with Crippen LogP contribution in [0.15, 0.2) is 50.8 Å². The van der Waals surface area contributed by atoms with Gasteiger partial charge in [0.2, 0.25) is 0 Å². The second-order valence-corrected chi connectivity index (χ2v) is 8.97. The third kappa shape index (κ3) is 5.83. The van der Waals surface area contributed by atoms with Gasteiger partial charge in [0.15, 0.2) is 6.10 Å². The molecule has 3 rings (SSSR count). The molecule has 0 unspecified atom stereocenters. The highest BCUT2D eigenvalue weighted by Crippen LogP contribution is 2.25. The summed E-state index contributed by atoms with van der Waals surface area (Å²) >= 11 is 3.42. The van der Waals surface area contributed by atoms with Crippen molar-refractivity contribution in [2.75, 3.05) is 26.1 Å². The Morgan fingerprint density at radius 1 is 1.26 bits per heavy atom. The van der Waals surface area contributed by atoms with Crippen molar-refractivity contribution in [2.45, 2.75) is 39.2 Å². The number of aryl methyl sites for hydroxylation is 1. The van der Waals surface area contributed by atoms with Crippen LogP contribution in [0.3, 0.4) is 0 Å². The van der Waals surface area contributed by atoms with Gasteiger partial charge in [-0.05, 0) is 43.7 Å². The summed E-state index contributed by atoms with van der Waals surface area (Å²) in [5, 5.41) is 4.99. The van der Waals surface area contributed by atoms with Crippen molar-refractivity contribution in [1.29, 1.82) is 0 Å². The average Bonchev–Trinajstić information content (AvgIpc) is 2.82. The van der Waals surface area contributed by atoms with Crippen LogP contribution in [-0.4, -0.2) is 49.2 Å². The first-order valence-corrected chi connectivity index (χ1v) is 11.9. The number of rotatable bonds is 9. The molecule has 8 nitrogen and oxygen atoms in total. The third-order valence-corrected chi connectivity index (χ3v) is 5.79. The Morgan fingerprint density at radius 2 is 2.03 bits per heavy atom. The normalized spacial score (nSPS) is 12.2. The number of ether oxygens (including phenoxy) is 2. The molecule has 9 heteroatoms. The first-order valence-electron chi connectivity index (χ1n) is 11.1. The number of fused-ring (bicyclic) bond motifs is 1. The summed E-state index contributed by atoms with van der Waals surface area (Å²) in [4.78, 5) is 31.9. The van der Waals surface area contributed by atoms with Gasteiger partial charge in [0.05, 0.1) is 24.2 Å². The second kappa shape index (κ2) is 11.3.